The Morgan fingerprint density at radius 2 is 2.08 bits per heavy atom. The number of H-pyrrole nitrogens is 1. The minimum absolute atomic E-state index is 0.341. The minimum Gasteiger partial charge on any atom is -0.363 e. The van der Waals surface area contributed by atoms with E-state index in [0.717, 1.165) is 13.0 Å². The topological polar surface area (TPSA) is 39.8 Å². The average molecular weight is 342 g/mol. The van der Waals surface area contributed by atoms with Gasteiger partial charge in [-0.05, 0) is 54.4 Å². The summed E-state index contributed by atoms with van der Waals surface area (Å²) in [5.41, 5.74) is 4.41. The van der Waals surface area contributed by atoms with Gasteiger partial charge in [0.15, 0.2) is 5.11 Å². The molecule has 0 spiro atoms. The summed E-state index contributed by atoms with van der Waals surface area (Å²) in [6.45, 7) is 12.3. The van der Waals surface area contributed by atoms with E-state index >= 15 is 0 Å². The van der Waals surface area contributed by atoms with Crippen molar-refractivity contribution in [2.75, 3.05) is 13.1 Å². The molecule has 1 fully saturated rings. The van der Waals surface area contributed by atoms with Gasteiger partial charge in [-0.25, -0.2) is 0 Å². The number of aromatic amines is 1. The van der Waals surface area contributed by atoms with Crippen molar-refractivity contribution >= 4 is 28.2 Å². The van der Waals surface area contributed by atoms with Crippen molar-refractivity contribution in [3.63, 3.8) is 0 Å². The zero-order chi connectivity index (χ0) is 17.3. The third-order valence-electron chi connectivity index (χ3n) is 5.45. The summed E-state index contributed by atoms with van der Waals surface area (Å²) in [5.74, 6) is 1.30. The zero-order valence-electron chi connectivity index (χ0n) is 14.8. The lowest BCUT2D eigenvalue weighted by Gasteiger charge is -2.09. The van der Waals surface area contributed by atoms with Gasteiger partial charge in [-0.15, -0.1) is 6.58 Å². The second-order valence-corrected chi connectivity index (χ2v) is 7.74. The average Bonchev–Trinajstić information content (AvgIpc) is 2.91. The molecule has 1 aliphatic rings. The smallest absolute Gasteiger partial charge is 0.166 e. The molecule has 24 heavy (non-hydrogen) atoms. The largest absolute Gasteiger partial charge is 0.363 e. The molecule has 3 N–H and O–H groups in total. The number of hydrogen-bond donors (Lipinski definition) is 3. The molecular formula is C20H27N3S. The van der Waals surface area contributed by atoms with Crippen LogP contribution in [-0.4, -0.2) is 23.2 Å². The molecule has 4 heteroatoms. The lowest BCUT2D eigenvalue weighted by Crippen LogP contribution is -2.35. The van der Waals surface area contributed by atoms with Crippen LogP contribution in [0.5, 0.6) is 0 Å². The van der Waals surface area contributed by atoms with Crippen LogP contribution in [0.2, 0.25) is 0 Å². The number of fused-ring (bicyclic) bond motifs is 1. The van der Waals surface area contributed by atoms with Crippen LogP contribution < -0.4 is 10.6 Å². The van der Waals surface area contributed by atoms with E-state index < -0.39 is 0 Å². The Bertz CT molecular complexity index is 759. The number of thiocarbonyl (C=S) groups is 1. The number of benzene rings is 1. The highest BCUT2D eigenvalue weighted by atomic mass is 32.1. The van der Waals surface area contributed by atoms with Crippen molar-refractivity contribution < 1.29 is 0 Å². The first-order valence-corrected chi connectivity index (χ1v) is 9.07. The highest BCUT2D eigenvalue weighted by Gasteiger charge is 2.58. The molecular weight excluding hydrogens is 314 g/mol. The van der Waals surface area contributed by atoms with E-state index in [9.17, 15) is 0 Å². The van der Waals surface area contributed by atoms with E-state index in [1.165, 1.54) is 22.2 Å². The quantitative estimate of drug-likeness (QED) is 0.543. The van der Waals surface area contributed by atoms with Gasteiger partial charge in [0.2, 0.25) is 0 Å². The molecule has 1 aromatic carbocycles. The number of aromatic nitrogens is 1. The Kier molecular flexibility index (Phi) is 4.68. The van der Waals surface area contributed by atoms with Gasteiger partial charge in [-0.3, -0.25) is 0 Å². The van der Waals surface area contributed by atoms with Crippen molar-refractivity contribution in [1.29, 1.82) is 0 Å². The summed E-state index contributed by atoms with van der Waals surface area (Å²) in [6.07, 6.45) is 2.94. The van der Waals surface area contributed by atoms with E-state index in [1.54, 1.807) is 0 Å². The van der Waals surface area contributed by atoms with Crippen LogP contribution in [-0.2, 0) is 0 Å². The van der Waals surface area contributed by atoms with Gasteiger partial charge in [-0.1, -0.05) is 38.1 Å². The SMILES string of the molecule is C=CCNC(=S)NCC[C@@H]1[C@H](c2c(C)[nH]c3ccccc23)C1(C)C. The minimum atomic E-state index is 0.341. The molecule has 0 unspecified atom stereocenters. The first-order chi connectivity index (χ1) is 11.5. The first-order valence-electron chi connectivity index (χ1n) is 8.66. The van der Waals surface area contributed by atoms with Gasteiger partial charge < -0.3 is 15.6 Å². The second-order valence-electron chi connectivity index (χ2n) is 7.33. The van der Waals surface area contributed by atoms with Crippen molar-refractivity contribution in [2.24, 2.45) is 11.3 Å². The van der Waals surface area contributed by atoms with Crippen LogP contribution in [0.3, 0.4) is 0 Å². The fraction of sp³-hybridized carbons (Fsp3) is 0.450. The Morgan fingerprint density at radius 1 is 1.33 bits per heavy atom. The molecule has 1 heterocycles. The van der Waals surface area contributed by atoms with E-state index in [4.69, 9.17) is 12.2 Å². The lowest BCUT2D eigenvalue weighted by molar-refractivity contribution is 0.527. The van der Waals surface area contributed by atoms with Crippen molar-refractivity contribution in [3.05, 3.63) is 48.2 Å². The normalized spacial score (nSPS) is 21.5. The molecule has 0 bridgehead atoms. The van der Waals surface area contributed by atoms with Crippen LogP contribution in [0, 0.1) is 18.3 Å². The fourth-order valence-electron chi connectivity index (χ4n) is 4.12. The summed E-state index contributed by atoms with van der Waals surface area (Å²) in [5, 5.41) is 8.52. The summed E-state index contributed by atoms with van der Waals surface area (Å²) in [6, 6.07) is 8.64. The Balaban J connectivity index is 1.67. The Labute approximate surface area is 149 Å². The molecule has 0 amide bonds. The van der Waals surface area contributed by atoms with Gasteiger partial charge in [0.05, 0.1) is 0 Å². The van der Waals surface area contributed by atoms with Crippen LogP contribution in [0.1, 0.15) is 37.4 Å². The summed E-state index contributed by atoms with van der Waals surface area (Å²) in [7, 11) is 0. The molecule has 3 rings (SSSR count). The Hall–Kier alpha value is -1.81. The maximum atomic E-state index is 5.27. The van der Waals surface area contributed by atoms with E-state index in [2.05, 4.69) is 67.2 Å². The van der Waals surface area contributed by atoms with Crippen molar-refractivity contribution in [1.82, 2.24) is 15.6 Å². The molecule has 0 aliphatic heterocycles. The number of rotatable bonds is 6. The van der Waals surface area contributed by atoms with E-state index in [-0.39, 0.29) is 0 Å². The van der Waals surface area contributed by atoms with Crippen molar-refractivity contribution in [3.8, 4) is 0 Å². The Morgan fingerprint density at radius 3 is 2.83 bits per heavy atom. The number of aryl methyl sites for hydroxylation is 1. The van der Waals surface area contributed by atoms with Crippen molar-refractivity contribution in [2.45, 2.75) is 33.1 Å². The molecule has 1 aliphatic carbocycles. The summed E-state index contributed by atoms with van der Waals surface area (Å²) >= 11 is 5.27. The number of hydrogen-bond acceptors (Lipinski definition) is 1. The third kappa shape index (κ3) is 3.07. The van der Waals surface area contributed by atoms with E-state index in [0.29, 0.717) is 28.9 Å². The lowest BCUT2D eigenvalue weighted by atomic mass is 10.0. The summed E-state index contributed by atoms with van der Waals surface area (Å²) < 4.78 is 0. The number of para-hydroxylation sites is 1. The van der Waals surface area contributed by atoms with Gasteiger partial charge in [0.25, 0.3) is 0 Å². The molecule has 0 saturated heterocycles. The van der Waals surface area contributed by atoms with E-state index in [1.807, 2.05) is 6.08 Å². The standard InChI is InChI=1S/C20H27N3S/c1-5-11-21-19(24)22-12-10-15-18(20(15,3)4)17-13(2)23-16-9-7-6-8-14(16)17/h5-9,15,18,23H,1,10-12H2,2-4H3,(H2,21,22,24)/t15-,18-/m1/s1. The van der Waals surface area contributed by atoms with Gasteiger partial charge in [-0.2, -0.15) is 0 Å². The molecule has 3 nitrogen and oxygen atoms in total. The van der Waals surface area contributed by atoms with Gasteiger partial charge in [0.1, 0.15) is 0 Å². The molecule has 1 saturated carbocycles. The second kappa shape index (κ2) is 6.60. The molecule has 128 valence electrons. The predicted octanol–water partition coefficient (Wildman–Crippen LogP) is 4.26. The van der Waals surface area contributed by atoms with Crippen LogP contribution in [0.4, 0.5) is 0 Å². The first kappa shape index (κ1) is 17.0. The highest BCUT2D eigenvalue weighted by molar-refractivity contribution is 7.80. The molecule has 2 atom stereocenters. The maximum Gasteiger partial charge on any atom is 0.166 e. The number of nitrogens with one attached hydrogen (secondary N) is 3. The zero-order valence-corrected chi connectivity index (χ0v) is 15.6. The monoisotopic (exact) mass is 341 g/mol. The highest BCUT2D eigenvalue weighted by Crippen LogP contribution is 2.67. The molecule has 1 aromatic heterocycles. The van der Waals surface area contributed by atoms with Crippen LogP contribution in [0.25, 0.3) is 10.9 Å². The fourth-order valence-corrected chi connectivity index (χ4v) is 4.31. The summed E-state index contributed by atoms with van der Waals surface area (Å²) in [4.78, 5) is 3.55. The van der Waals surface area contributed by atoms with Crippen LogP contribution >= 0.6 is 12.2 Å². The molecule has 2 aromatic rings. The van der Waals surface area contributed by atoms with Gasteiger partial charge in [0, 0.05) is 29.7 Å². The van der Waals surface area contributed by atoms with Gasteiger partial charge >= 0.3 is 0 Å². The predicted molar refractivity (Wildman–Crippen MR) is 106 cm³/mol. The van der Waals surface area contributed by atoms with Crippen LogP contribution in [0.15, 0.2) is 36.9 Å². The molecule has 0 radical (unpaired) electrons. The maximum absolute atomic E-state index is 5.27. The third-order valence-corrected chi connectivity index (χ3v) is 5.74.